The van der Waals surface area contributed by atoms with Gasteiger partial charge in [-0.2, -0.15) is 10.2 Å². The zero-order chi connectivity index (χ0) is 29.0. The third-order valence-corrected chi connectivity index (χ3v) is 6.22. The zero-order valence-corrected chi connectivity index (χ0v) is 22.1. The van der Waals surface area contributed by atoms with Crippen LogP contribution in [-0.4, -0.2) is 69.2 Å². The number of carbonyl (C=O) groups excluding carboxylic acids is 5. The normalized spacial score (nSPS) is 11.0. The summed E-state index contributed by atoms with van der Waals surface area (Å²) >= 11 is 0. The van der Waals surface area contributed by atoms with Gasteiger partial charge in [0.05, 0.1) is 36.6 Å². The fourth-order valence-electron chi connectivity index (χ4n) is 4.28. The molecule has 40 heavy (non-hydrogen) atoms. The van der Waals surface area contributed by atoms with E-state index in [1.54, 1.807) is 25.1 Å². The van der Waals surface area contributed by atoms with E-state index in [0.29, 0.717) is 33.1 Å². The topological polar surface area (TPSA) is 154 Å². The molecule has 0 fully saturated rings. The Morgan fingerprint density at radius 3 is 2.45 bits per heavy atom. The maximum Gasteiger partial charge on any atom is 0.325 e. The van der Waals surface area contributed by atoms with E-state index < -0.39 is 23.6 Å². The number of fused-ring (bicyclic) bond motifs is 2. The molecule has 0 aliphatic rings. The highest BCUT2D eigenvalue weighted by Gasteiger charge is 2.20. The minimum atomic E-state index is -0.617. The Kier molecular flexibility index (Phi) is 8.31. The van der Waals surface area contributed by atoms with Gasteiger partial charge in [0.25, 0.3) is 0 Å². The van der Waals surface area contributed by atoms with Gasteiger partial charge in [0.2, 0.25) is 17.7 Å². The quantitative estimate of drug-likeness (QED) is 0.284. The molecule has 2 aromatic carbocycles. The number of aryl methyl sites for hydroxylation is 1. The number of nitrogens with one attached hydrogen (secondary N) is 2. The molecule has 4 aromatic rings. The van der Waals surface area contributed by atoms with Crippen LogP contribution in [0.15, 0.2) is 36.5 Å². The number of Topliss-reactive ketones (excluding diaryl/α,β-unsaturated/α-hetero) is 1. The molecule has 0 bridgehead atoms. The van der Waals surface area contributed by atoms with Crippen LogP contribution in [0.1, 0.15) is 30.3 Å². The number of hydrogen-bond acceptors (Lipinski definition) is 8. The summed E-state index contributed by atoms with van der Waals surface area (Å²) in [4.78, 5) is 59.5. The van der Waals surface area contributed by atoms with Crippen molar-refractivity contribution in [2.45, 2.75) is 33.2 Å². The number of carbonyl (C=O) groups is 5. The summed E-state index contributed by atoms with van der Waals surface area (Å²) in [6.07, 6.45) is 1.46. The molecule has 4 rings (SSSR count). The highest BCUT2D eigenvalue weighted by atomic mass is 19.1. The molecular weight excluding hydrogens is 523 g/mol. The SMILES string of the molecule is COC(=O)CNC(=O)CNC(=O)Cn1nc(C)c2c(-c3cc4c(cnn4C(=O)CCC(C)=O)cc3F)cccc21. The Hall–Kier alpha value is -4.94. The van der Waals surface area contributed by atoms with E-state index in [-0.39, 0.29) is 49.7 Å². The van der Waals surface area contributed by atoms with Crippen LogP contribution in [0.4, 0.5) is 4.39 Å². The molecule has 2 heterocycles. The number of ether oxygens (including phenoxy) is 1. The molecule has 0 saturated heterocycles. The van der Waals surface area contributed by atoms with Crippen LogP contribution in [-0.2, 0) is 30.5 Å². The first-order valence-electron chi connectivity index (χ1n) is 12.4. The van der Waals surface area contributed by atoms with Crippen molar-refractivity contribution in [3.8, 4) is 11.1 Å². The highest BCUT2D eigenvalue weighted by Crippen LogP contribution is 2.34. The van der Waals surface area contributed by atoms with Gasteiger partial charge in [-0.3, -0.25) is 23.9 Å². The Balaban J connectivity index is 1.60. The second kappa shape index (κ2) is 11.8. The molecule has 2 amide bonds. The first-order chi connectivity index (χ1) is 19.1. The minimum Gasteiger partial charge on any atom is -0.468 e. The van der Waals surface area contributed by atoms with Crippen LogP contribution in [0, 0.1) is 12.7 Å². The molecule has 13 heteroatoms. The number of esters is 1. The second-order valence-corrected chi connectivity index (χ2v) is 9.12. The van der Waals surface area contributed by atoms with E-state index in [1.807, 2.05) is 0 Å². The Morgan fingerprint density at radius 2 is 1.73 bits per heavy atom. The molecule has 0 aliphatic heterocycles. The van der Waals surface area contributed by atoms with Crippen LogP contribution >= 0.6 is 0 Å². The molecule has 208 valence electrons. The summed E-state index contributed by atoms with van der Waals surface area (Å²) < 4.78 is 22.4. The lowest BCUT2D eigenvalue weighted by Gasteiger charge is -2.09. The molecule has 2 N–H and O–H groups in total. The zero-order valence-electron chi connectivity index (χ0n) is 22.1. The van der Waals surface area contributed by atoms with Gasteiger partial charge in [-0.25, -0.2) is 9.07 Å². The van der Waals surface area contributed by atoms with Crippen LogP contribution in [0.2, 0.25) is 0 Å². The molecular formula is C27H27FN6O6. The maximum absolute atomic E-state index is 15.3. The molecule has 0 unspecified atom stereocenters. The smallest absolute Gasteiger partial charge is 0.325 e. The number of methoxy groups -OCH3 is 1. The molecule has 0 atom stereocenters. The summed E-state index contributed by atoms with van der Waals surface area (Å²) in [5, 5.41) is 14.4. The lowest BCUT2D eigenvalue weighted by atomic mass is 9.98. The van der Waals surface area contributed by atoms with E-state index in [4.69, 9.17) is 0 Å². The van der Waals surface area contributed by atoms with Crippen molar-refractivity contribution in [2.24, 2.45) is 0 Å². The number of amides is 2. The summed E-state index contributed by atoms with van der Waals surface area (Å²) in [5.41, 5.74) is 2.23. The largest absolute Gasteiger partial charge is 0.468 e. The average molecular weight is 551 g/mol. The Labute approximate surface area is 227 Å². The van der Waals surface area contributed by atoms with Crippen molar-refractivity contribution in [3.05, 3.63) is 48.0 Å². The maximum atomic E-state index is 15.3. The van der Waals surface area contributed by atoms with Crippen LogP contribution in [0.3, 0.4) is 0 Å². The molecule has 0 saturated carbocycles. The number of rotatable bonds is 10. The third kappa shape index (κ3) is 6.03. The van der Waals surface area contributed by atoms with Gasteiger partial charge in [-0.05, 0) is 37.6 Å². The van der Waals surface area contributed by atoms with Crippen LogP contribution < -0.4 is 10.6 Å². The lowest BCUT2D eigenvalue weighted by molar-refractivity contribution is -0.141. The number of aromatic nitrogens is 4. The lowest BCUT2D eigenvalue weighted by Crippen LogP contribution is -2.40. The number of benzene rings is 2. The van der Waals surface area contributed by atoms with Gasteiger partial charge in [0.15, 0.2) is 0 Å². The van der Waals surface area contributed by atoms with E-state index in [2.05, 4.69) is 25.6 Å². The average Bonchev–Trinajstić information content (AvgIpc) is 3.48. The van der Waals surface area contributed by atoms with Crippen molar-refractivity contribution in [1.82, 2.24) is 30.2 Å². The fourth-order valence-corrected chi connectivity index (χ4v) is 4.28. The molecule has 12 nitrogen and oxygen atoms in total. The first-order valence-corrected chi connectivity index (χ1v) is 12.4. The highest BCUT2D eigenvalue weighted by molar-refractivity contribution is 6.01. The van der Waals surface area contributed by atoms with Crippen molar-refractivity contribution in [1.29, 1.82) is 0 Å². The first kappa shape index (κ1) is 28.1. The van der Waals surface area contributed by atoms with Crippen molar-refractivity contribution in [3.63, 3.8) is 0 Å². The summed E-state index contributed by atoms with van der Waals surface area (Å²) in [6.45, 7) is 2.26. The van der Waals surface area contributed by atoms with Crippen molar-refractivity contribution >= 4 is 51.3 Å². The van der Waals surface area contributed by atoms with Gasteiger partial charge in [-0.1, -0.05) is 12.1 Å². The Morgan fingerprint density at radius 1 is 0.975 bits per heavy atom. The molecule has 0 spiro atoms. The third-order valence-electron chi connectivity index (χ3n) is 6.22. The predicted octanol–water partition coefficient (Wildman–Crippen LogP) is 1.92. The number of halogens is 1. The van der Waals surface area contributed by atoms with Gasteiger partial charge < -0.3 is 20.2 Å². The van der Waals surface area contributed by atoms with Gasteiger partial charge in [0, 0.05) is 29.2 Å². The van der Waals surface area contributed by atoms with Gasteiger partial charge in [0.1, 0.15) is 24.7 Å². The van der Waals surface area contributed by atoms with E-state index in [9.17, 15) is 24.0 Å². The van der Waals surface area contributed by atoms with E-state index in [0.717, 1.165) is 0 Å². The number of nitrogens with zero attached hydrogens (tertiary/aromatic N) is 4. The molecule has 0 aliphatic carbocycles. The summed E-state index contributed by atoms with van der Waals surface area (Å²) in [6, 6.07) is 7.99. The Bertz CT molecular complexity index is 1660. The number of hydrogen-bond donors (Lipinski definition) is 2. The fraction of sp³-hybridized carbons (Fsp3) is 0.296. The van der Waals surface area contributed by atoms with Crippen LogP contribution in [0.5, 0.6) is 0 Å². The van der Waals surface area contributed by atoms with Crippen molar-refractivity contribution < 1.29 is 33.1 Å². The predicted molar refractivity (Wildman–Crippen MR) is 142 cm³/mol. The summed E-state index contributed by atoms with van der Waals surface area (Å²) in [7, 11) is 1.19. The summed E-state index contributed by atoms with van der Waals surface area (Å²) in [5.74, 6) is -2.70. The second-order valence-electron chi connectivity index (χ2n) is 9.12. The standard InChI is InChI=1S/C27H27FN6O6/c1-15(35)7-8-25(38)34-22-10-19(20(28)9-17(22)11-31-34)18-5-4-6-21-27(18)16(2)32-33(21)14-24(37)29-12-23(36)30-13-26(39)40-3/h4-6,9-11H,7-8,12-14H2,1-3H3,(H,29,37)(H,30,36). The molecule has 2 aromatic heterocycles. The number of ketones is 1. The van der Waals surface area contributed by atoms with Gasteiger partial charge in [-0.15, -0.1) is 0 Å². The van der Waals surface area contributed by atoms with Crippen LogP contribution in [0.25, 0.3) is 32.9 Å². The minimum absolute atomic E-state index is 0.0186. The molecule has 0 radical (unpaired) electrons. The van der Waals surface area contributed by atoms with Crippen molar-refractivity contribution in [2.75, 3.05) is 20.2 Å². The van der Waals surface area contributed by atoms with E-state index >= 15 is 4.39 Å². The van der Waals surface area contributed by atoms with E-state index in [1.165, 1.54) is 41.7 Å². The monoisotopic (exact) mass is 550 g/mol. The van der Waals surface area contributed by atoms with Gasteiger partial charge >= 0.3 is 5.97 Å².